The van der Waals surface area contributed by atoms with Crippen LogP contribution in [0.5, 0.6) is 0 Å². The van der Waals surface area contributed by atoms with E-state index in [-0.39, 0.29) is 22.9 Å². The maximum atomic E-state index is 12.1. The number of oxazole rings is 1. The first-order valence-electron chi connectivity index (χ1n) is 20.3. The van der Waals surface area contributed by atoms with Gasteiger partial charge in [0.15, 0.2) is 0 Å². The van der Waals surface area contributed by atoms with Crippen LogP contribution in [0.15, 0.2) is 133 Å². The van der Waals surface area contributed by atoms with E-state index in [2.05, 4.69) is 77.2 Å². The molecule has 60 heavy (non-hydrogen) atoms. The van der Waals surface area contributed by atoms with Crippen LogP contribution in [0.3, 0.4) is 0 Å². The number of hydrogen-bond acceptors (Lipinski definition) is 8. The molecule has 0 bridgehead atoms. The van der Waals surface area contributed by atoms with Crippen molar-refractivity contribution in [2.75, 3.05) is 10.6 Å². The molecule has 0 atom stereocenters. The van der Waals surface area contributed by atoms with Crippen LogP contribution >= 0.6 is 22.6 Å². The van der Waals surface area contributed by atoms with Crippen molar-refractivity contribution in [2.45, 2.75) is 92.9 Å². The third kappa shape index (κ3) is 15.5. The number of carbonyl (C=O) groups excluding carboxylic acids is 2. The first-order chi connectivity index (χ1) is 29.0. The number of amides is 2. The zero-order valence-electron chi connectivity index (χ0n) is 35.2. The summed E-state index contributed by atoms with van der Waals surface area (Å²) in [5.41, 5.74) is 3.07. The van der Waals surface area contributed by atoms with Gasteiger partial charge in [-0.3, -0.25) is 28.3 Å². The van der Waals surface area contributed by atoms with Crippen LogP contribution in [0.2, 0.25) is 13.3 Å². The standard InChI is InChI=1S/C16H13N3O3.C13H11IN2O2.C5H5.3C4H9.N2.Sn/c1-11(20)18-13-3-2-4-14(9-13)19-10-12(5-6-15(19)21)16-17-7-8-22-16;1-9(17)15-11-3-2-4-12(7-11)16-8-10(14)5-6-13(16)18;1-2-4-5-3-1;3*1-3-4-2;1-2;/h2-10H,1H3,(H,18,20);2-8H,1H3,(H,15,17);1-3H,4H2;3*1,3-4H2,2H3;;. The Labute approximate surface area is 370 Å². The number of allylic oxidation sites excluding steroid dienone is 4. The van der Waals surface area contributed by atoms with E-state index in [1.165, 1.54) is 81.8 Å². The van der Waals surface area contributed by atoms with Crippen LogP contribution in [-0.2, 0) is 9.59 Å². The van der Waals surface area contributed by atoms with Gasteiger partial charge in [0.25, 0.3) is 11.1 Å². The summed E-state index contributed by atoms with van der Waals surface area (Å²) in [4.78, 5) is 50.1. The van der Waals surface area contributed by atoms with Crippen molar-refractivity contribution < 1.29 is 14.0 Å². The van der Waals surface area contributed by atoms with Gasteiger partial charge in [0.1, 0.15) is 6.26 Å². The molecule has 12 nitrogen and oxygen atoms in total. The van der Waals surface area contributed by atoms with Gasteiger partial charge in [-0.25, -0.2) is 4.98 Å². The van der Waals surface area contributed by atoms with Gasteiger partial charge in [-0.1, -0.05) is 12.1 Å². The van der Waals surface area contributed by atoms with Crippen molar-refractivity contribution >= 4 is 64.2 Å². The summed E-state index contributed by atoms with van der Waals surface area (Å²) in [6, 6.07) is 20.6. The Hall–Kier alpha value is -5.08. The minimum Gasteiger partial charge on any atom is 0 e. The first kappa shape index (κ1) is 49.3. The van der Waals surface area contributed by atoms with Crippen LogP contribution in [0.1, 0.15) is 79.6 Å². The van der Waals surface area contributed by atoms with Gasteiger partial charge in [-0.2, -0.15) is 0 Å². The molecule has 3 heterocycles. The second kappa shape index (κ2) is 26.2. The Morgan fingerprint density at radius 1 is 0.767 bits per heavy atom. The van der Waals surface area contributed by atoms with Gasteiger partial charge < -0.3 is 15.1 Å². The molecule has 0 aliphatic heterocycles. The Balaban J connectivity index is 0.000000237. The summed E-state index contributed by atoms with van der Waals surface area (Å²) in [6.45, 7) is 9.96. The largest absolute Gasteiger partial charge is 0 e. The smallest absolute Gasteiger partial charge is 0 e. The maximum absolute atomic E-state index is 12.1. The van der Waals surface area contributed by atoms with Crippen molar-refractivity contribution in [3.63, 3.8) is 0 Å². The Morgan fingerprint density at radius 3 is 1.73 bits per heavy atom. The third-order valence-corrected chi connectivity index (χ3v) is 26.6. The quantitative estimate of drug-likeness (QED) is 0.0591. The van der Waals surface area contributed by atoms with Crippen LogP contribution in [0.25, 0.3) is 22.8 Å². The molecule has 0 saturated carbocycles. The summed E-state index contributed by atoms with van der Waals surface area (Å²) < 4.78 is 16.1. The molecule has 6 rings (SSSR count). The van der Waals surface area contributed by atoms with Crippen molar-refractivity contribution in [2.24, 2.45) is 0 Å². The van der Waals surface area contributed by atoms with Crippen molar-refractivity contribution in [3.8, 4) is 22.8 Å². The van der Waals surface area contributed by atoms with Gasteiger partial charge in [0.2, 0.25) is 17.7 Å². The number of rotatable bonds is 15. The van der Waals surface area contributed by atoms with E-state index in [1.54, 1.807) is 91.1 Å². The Kier molecular flexibility index (Phi) is 21.5. The van der Waals surface area contributed by atoms with Crippen LogP contribution in [0, 0.1) is 14.4 Å². The number of nitrogens with one attached hydrogen (secondary N) is 2. The molecule has 316 valence electrons. The average molecular weight is 1030 g/mol. The summed E-state index contributed by atoms with van der Waals surface area (Å²) in [5.74, 6) is 0.131. The predicted octanol–water partition coefficient (Wildman–Crippen LogP) is 11.1. The predicted molar refractivity (Wildman–Crippen MR) is 251 cm³/mol. The molecular weight excluding hydrogens is 976 g/mol. The third-order valence-electron chi connectivity index (χ3n) is 9.83. The fraction of sp³-hybridized carbons (Fsp3) is 0.326. The summed E-state index contributed by atoms with van der Waals surface area (Å²) >= 11 is 0.171. The SMILES string of the molecule is CC(=O)Nc1cccc(-n2cc(-c3ncco3)ccc2=O)c1.CC(=O)Nc1cccc(-n2cc(I)ccc2=O)c1.CCC[CH2][Sn]([CH2]CCC)([CH2]CCC)[C]1=CC=CC1.N#N. The van der Waals surface area contributed by atoms with Crippen LogP contribution in [-0.4, -0.2) is 44.3 Å². The number of pyridine rings is 2. The average Bonchev–Trinajstić information content (AvgIpc) is 4.00. The molecule has 1 aliphatic carbocycles. The van der Waals surface area contributed by atoms with E-state index in [1.807, 2.05) is 9.66 Å². The van der Waals surface area contributed by atoms with Gasteiger partial charge in [0.05, 0.1) is 23.1 Å². The second-order valence-corrected chi connectivity index (χ2v) is 29.1. The van der Waals surface area contributed by atoms with Crippen molar-refractivity contribution in [3.05, 3.63) is 144 Å². The Bertz CT molecular complexity index is 2310. The number of carbonyl (C=O) groups is 2. The monoisotopic (exact) mass is 1030 g/mol. The van der Waals surface area contributed by atoms with Gasteiger partial charge in [-0.05, 0) is 71.1 Å². The normalized spacial score (nSPS) is 11.4. The number of halogens is 1. The van der Waals surface area contributed by atoms with Crippen LogP contribution in [0.4, 0.5) is 11.4 Å². The van der Waals surface area contributed by atoms with E-state index in [0.29, 0.717) is 28.5 Å². The first-order valence-corrected chi connectivity index (χ1v) is 28.9. The molecule has 2 N–H and O–H groups in total. The number of unbranched alkanes of at least 4 members (excludes halogenated alkanes) is 3. The molecular formula is C46H56IN7O5Sn. The summed E-state index contributed by atoms with van der Waals surface area (Å²) in [6.07, 6.45) is 23.6. The molecule has 0 radical (unpaired) electrons. The molecule has 0 saturated heterocycles. The van der Waals surface area contributed by atoms with E-state index in [9.17, 15) is 19.2 Å². The summed E-state index contributed by atoms with van der Waals surface area (Å²) in [7, 11) is 0. The minimum absolute atomic E-state index is 0.101. The fourth-order valence-corrected chi connectivity index (χ4v) is 24.0. The molecule has 14 heteroatoms. The topological polar surface area (TPSA) is 176 Å². The fourth-order valence-electron chi connectivity index (χ4n) is 6.96. The van der Waals surface area contributed by atoms with Crippen LogP contribution < -0.4 is 21.8 Å². The maximum Gasteiger partial charge on any atom is 0 e. The van der Waals surface area contributed by atoms with E-state index in [4.69, 9.17) is 15.2 Å². The molecule has 5 aromatic rings. The van der Waals surface area contributed by atoms with Crippen molar-refractivity contribution in [1.29, 1.82) is 10.8 Å². The van der Waals surface area contributed by atoms with Crippen molar-refractivity contribution in [1.82, 2.24) is 14.1 Å². The van der Waals surface area contributed by atoms with E-state index >= 15 is 0 Å². The van der Waals surface area contributed by atoms with E-state index < -0.39 is 18.4 Å². The number of nitrogens with zero attached hydrogens (tertiary/aromatic N) is 5. The molecule has 0 spiro atoms. The number of hydrogen-bond donors (Lipinski definition) is 2. The number of aromatic nitrogens is 3. The minimum atomic E-state index is -1.98. The molecule has 2 aromatic carbocycles. The molecule has 2 amide bonds. The Morgan fingerprint density at radius 2 is 1.28 bits per heavy atom. The zero-order valence-corrected chi connectivity index (χ0v) is 40.2. The van der Waals surface area contributed by atoms with Gasteiger partial charge >= 0.3 is 119 Å². The number of anilines is 2. The molecule has 0 fully saturated rings. The molecule has 1 aliphatic rings. The van der Waals surface area contributed by atoms with Gasteiger partial charge in [0, 0.05) is 64.1 Å². The summed E-state index contributed by atoms with van der Waals surface area (Å²) in [5, 5.41) is 17.4. The van der Waals surface area contributed by atoms with Gasteiger partial charge in [-0.15, -0.1) is 0 Å². The second-order valence-electron chi connectivity index (χ2n) is 14.4. The molecule has 0 unspecified atom stereocenters. The van der Waals surface area contributed by atoms with E-state index in [0.717, 1.165) is 9.26 Å². The molecule has 3 aromatic heterocycles. The zero-order chi connectivity index (χ0) is 43.9. The number of benzene rings is 2.